The first-order valence-electron chi connectivity index (χ1n) is 6.37. The van der Waals surface area contributed by atoms with Gasteiger partial charge < -0.3 is 5.32 Å². The van der Waals surface area contributed by atoms with E-state index < -0.39 is 0 Å². The average Bonchev–Trinajstić information content (AvgIpc) is 2.40. The fraction of sp³-hybridized carbons (Fsp3) is 0.250. The molecule has 2 rings (SSSR count). The second-order valence-corrected chi connectivity index (χ2v) is 4.91. The lowest BCUT2D eigenvalue weighted by atomic mass is 9.95. The lowest BCUT2D eigenvalue weighted by Gasteiger charge is -2.21. The zero-order valence-electron chi connectivity index (χ0n) is 11.1. The summed E-state index contributed by atoms with van der Waals surface area (Å²) >= 11 is 6.17. The molecule has 0 amide bonds. The number of nitrogens with one attached hydrogen (secondary N) is 1. The third-order valence-electron chi connectivity index (χ3n) is 3.21. The summed E-state index contributed by atoms with van der Waals surface area (Å²) in [6.07, 6.45) is 0. The Morgan fingerprint density at radius 1 is 1.21 bits per heavy atom. The van der Waals surface area contributed by atoms with E-state index in [1.54, 1.807) is 12.1 Å². The largest absolute Gasteiger partial charge is 0.307 e. The highest BCUT2D eigenvalue weighted by atomic mass is 35.5. The molecule has 0 aliphatic rings. The zero-order chi connectivity index (χ0) is 13.8. The van der Waals surface area contributed by atoms with Crippen molar-refractivity contribution in [2.75, 3.05) is 6.54 Å². The van der Waals surface area contributed by atoms with Gasteiger partial charge in [0.2, 0.25) is 0 Å². The maximum absolute atomic E-state index is 13.4. The van der Waals surface area contributed by atoms with Crippen molar-refractivity contribution in [1.82, 2.24) is 5.32 Å². The standard InChI is InChI=1S/C16H17ClFN/c1-3-19-16(12-6-4-7-13(18)10-12)14-8-5-9-15(17)11(14)2/h4-10,16,19H,3H2,1-2H3. The second kappa shape index (κ2) is 6.18. The summed E-state index contributed by atoms with van der Waals surface area (Å²) in [5, 5.41) is 4.12. The summed E-state index contributed by atoms with van der Waals surface area (Å²) in [6.45, 7) is 4.82. The van der Waals surface area contributed by atoms with E-state index in [1.807, 2.05) is 38.1 Å². The number of rotatable bonds is 4. The van der Waals surface area contributed by atoms with Gasteiger partial charge in [0.05, 0.1) is 6.04 Å². The lowest BCUT2D eigenvalue weighted by Crippen LogP contribution is -2.23. The maximum atomic E-state index is 13.4. The minimum atomic E-state index is -0.222. The molecule has 19 heavy (non-hydrogen) atoms. The van der Waals surface area contributed by atoms with Gasteiger partial charge in [-0.1, -0.05) is 42.8 Å². The first-order valence-corrected chi connectivity index (χ1v) is 6.75. The van der Waals surface area contributed by atoms with Gasteiger partial charge in [-0.3, -0.25) is 0 Å². The molecule has 100 valence electrons. The van der Waals surface area contributed by atoms with Crippen molar-refractivity contribution in [1.29, 1.82) is 0 Å². The van der Waals surface area contributed by atoms with Crippen molar-refractivity contribution in [3.8, 4) is 0 Å². The Kier molecular flexibility index (Phi) is 4.56. The van der Waals surface area contributed by atoms with E-state index >= 15 is 0 Å². The quantitative estimate of drug-likeness (QED) is 0.868. The summed E-state index contributed by atoms with van der Waals surface area (Å²) in [5.74, 6) is -0.222. The third kappa shape index (κ3) is 3.14. The first kappa shape index (κ1) is 14.0. The molecule has 0 bridgehead atoms. The molecule has 1 nitrogen and oxygen atoms in total. The fourth-order valence-corrected chi connectivity index (χ4v) is 2.42. The molecule has 3 heteroatoms. The van der Waals surface area contributed by atoms with Gasteiger partial charge in [0.25, 0.3) is 0 Å². The summed E-state index contributed by atoms with van der Waals surface area (Å²) in [7, 11) is 0. The molecule has 0 aromatic heterocycles. The van der Waals surface area contributed by atoms with Crippen LogP contribution in [0.4, 0.5) is 4.39 Å². The van der Waals surface area contributed by atoms with E-state index in [4.69, 9.17) is 11.6 Å². The Labute approximate surface area is 118 Å². The van der Waals surface area contributed by atoms with E-state index in [-0.39, 0.29) is 11.9 Å². The van der Waals surface area contributed by atoms with Crippen LogP contribution >= 0.6 is 11.6 Å². The molecule has 0 radical (unpaired) electrons. The molecule has 0 saturated heterocycles. The Balaban J connectivity index is 2.48. The smallest absolute Gasteiger partial charge is 0.123 e. The van der Waals surface area contributed by atoms with Gasteiger partial charge in [-0.05, 0) is 48.4 Å². The third-order valence-corrected chi connectivity index (χ3v) is 3.62. The van der Waals surface area contributed by atoms with Crippen LogP contribution in [0.15, 0.2) is 42.5 Å². The van der Waals surface area contributed by atoms with Crippen LogP contribution in [0.3, 0.4) is 0 Å². The van der Waals surface area contributed by atoms with Crippen molar-refractivity contribution >= 4 is 11.6 Å². The van der Waals surface area contributed by atoms with Crippen molar-refractivity contribution in [3.63, 3.8) is 0 Å². The molecular weight excluding hydrogens is 261 g/mol. The van der Waals surface area contributed by atoms with Crippen molar-refractivity contribution in [3.05, 3.63) is 70.0 Å². The van der Waals surface area contributed by atoms with Gasteiger partial charge in [-0.2, -0.15) is 0 Å². The highest BCUT2D eigenvalue weighted by molar-refractivity contribution is 6.31. The maximum Gasteiger partial charge on any atom is 0.123 e. The fourth-order valence-electron chi connectivity index (χ4n) is 2.23. The Hall–Kier alpha value is -1.38. The first-order chi connectivity index (χ1) is 9.13. The van der Waals surface area contributed by atoms with Crippen molar-refractivity contribution in [2.45, 2.75) is 19.9 Å². The normalized spacial score (nSPS) is 12.4. The second-order valence-electron chi connectivity index (χ2n) is 4.50. The molecule has 1 atom stereocenters. The molecule has 2 aromatic rings. The van der Waals surface area contributed by atoms with Crippen LogP contribution in [-0.4, -0.2) is 6.54 Å². The van der Waals surface area contributed by atoms with Crippen LogP contribution in [0, 0.1) is 12.7 Å². The lowest BCUT2D eigenvalue weighted by molar-refractivity contribution is 0.602. The highest BCUT2D eigenvalue weighted by Gasteiger charge is 2.16. The number of hydrogen-bond acceptors (Lipinski definition) is 1. The summed E-state index contributed by atoms with van der Waals surface area (Å²) in [5.41, 5.74) is 3.02. The summed E-state index contributed by atoms with van der Waals surface area (Å²) in [6, 6.07) is 12.5. The van der Waals surface area contributed by atoms with E-state index in [2.05, 4.69) is 5.32 Å². The van der Waals surface area contributed by atoms with Gasteiger partial charge in [-0.15, -0.1) is 0 Å². The van der Waals surface area contributed by atoms with Crippen LogP contribution in [-0.2, 0) is 0 Å². The zero-order valence-corrected chi connectivity index (χ0v) is 11.8. The molecule has 1 N–H and O–H groups in total. The van der Waals surface area contributed by atoms with Gasteiger partial charge in [0.15, 0.2) is 0 Å². The molecule has 0 spiro atoms. The molecular formula is C16H17ClFN. The molecule has 0 fully saturated rings. The van der Waals surface area contributed by atoms with Crippen LogP contribution in [0.25, 0.3) is 0 Å². The summed E-state index contributed by atoms with van der Waals surface area (Å²) < 4.78 is 13.4. The Morgan fingerprint density at radius 2 is 1.95 bits per heavy atom. The molecule has 2 aromatic carbocycles. The van der Waals surface area contributed by atoms with Crippen LogP contribution in [0.1, 0.15) is 29.7 Å². The number of hydrogen-bond donors (Lipinski definition) is 1. The van der Waals surface area contributed by atoms with Gasteiger partial charge in [0.1, 0.15) is 5.82 Å². The molecule has 1 unspecified atom stereocenters. The minimum absolute atomic E-state index is 0.0422. The highest BCUT2D eigenvalue weighted by Crippen LogP contribution is 2.29. The van der Waals surface area contributed by atoms with Crippen LogP contribution < -0.4 is 5.32 Å². The van der Waals surface area contributed by atoms with E-state index in [9.17, 15) is 4.39 Å². The predicted octanol–water partition coefficient (Wildman–Crippen LogP) is 4.49. The SMILES string of the molecule is CCNC(c1cccc(F)c1)c1cccc(Cl)c1C. The van der Waals surface area contributed by atoms with Gasteiger partial charge in [0, 0.05) is 5.02 Å². The number of halogens is 2. The monoisotopic (exact) mass is 277 g/mol. The van der Waals surface area contributed by atoms with Gasteiger partial charge in [-0.25, -0.2) is 4.39 Å². The molecule has 0 aliphatic heterocycles. The predicted molar refractivity (Wildman–Crippen MR) is 78.1 cm³/mol. The van der Waals surface area contributed by atoms with E-state index in [0.29, 0.717) is 0 Å². The van der Waals surface area contributed by atoms with E-state index in [1.165, 1.54) is 6.07 Å². The molecule has 0 aliphatic carbocycles. The van der Waals surface area contributed by atoms with Crippen molar-refractivity contribution < 1.29 is 4.39 Å². The topological polar surface area (TPSA) is 12.0 Å². The van der Waals surface area contributed by atoms with Crippen LogP contribution in [0.2, 0.25) is 5.02 Å². The molecule has 0 saturated carbocycles. The van der Waals surface area contributed by atoms with Crippen LogP contribution in [0.5, 0.6) is 0 Å². The molecule has 0 heterocycles. The van der Waals surface area contributed by atoms with Gasteiger partial charge >= 0.3 is 0 Å². The van der Waals surface area contributed by atoms with Crippen molar-refractivity contribution in [2.24, 2.45) is 0 Å². The minimum Gasteiger partial charge on any atom is -0.307 e. The summed E-state index contributed by atoms with van der Waals surface area (Å²) in [4.78, 5) is 0. The Bertz CT molecular complexity index is 568. The average molecular weight is 278 g/mol. The number of benzene rings is 2. The van der Waals surface area contributed by atoms with E-state index in [0.717, 1.165) is 28.3 Å². The Morgan fingerprint density at radius 3 is 2.63 bits per heavy atom.